The molecule has 0 unspecified atom stereocenters. The van der Waals surface area contributed by atoms with E-state index in [4.69, 9.17) is 9.47 Å². The number of alkyl halides is 6. The average molecular weight is 394 g/mol. The number of nitrogens with one attached hydrogen (secondary N) is 2. The van der Waals surface area contributed by atoms with Crippen LogP contribution in [0.25, 0.3) is 0 Å². The van der Waals surface area contributed by atoms with E-state index in [1.807, 2.05) is 0 Å². The van der Waals surface area contributed by atoms with Gasteiger partial charge in [-0.3, -0.25) is 9.59 Å². The van der Waals surface area contributed by atoms with Gasteiger partial charge in [-0.2, -0.15) is 26.3 Å². The zero-order valence-corrected chi connectivity index (χ0v) is 13.8. The summed E-state index contributed by atoms with van der Waals surface area (Å²) in [6.07, 6.45) is -6.84. The van der Waals surface area contributed by atoms with Crippen LogP contribution < -0.4 is 10.6 Å². The first-order valence-electron chi connectivity index (χ1n) is 7.94. The summed E-state index contributed by atoms with van der Waals surface area (Å²) in [7, 11) is 0. The molecule has 1 fully saturated rings. The van der Waals surface area contributed by atoms with Gasteiger partial charge in [-0.15, -0.1) is 0 Å². The molecule has 0 aromatic rings. The predicted octanol–water partition coefficient (Wildman–Crippen LogP) is 2.04. The van der Waals surface area contributed by atoms with Crippen LogP contribution in [0.1, 0.15) is 32.1 Å². The Kier molecular flexibility index (Phi) is 8.13. The van der Waals surface area contributed by atoms with Crippen LogP contribution >= 0.6 is 0 Å². The highest BCUT2D eigenvalue weighted by Crippen LogP contribution is 2.32. The average Bonchev–Trinajstić information content (AvgIpc) is 2.54. The second kappa shape index (κ2) is 9.40. The molecule has 1 saturated carbocycles. The summed E-state index contributed by atoms with van der Waals surface area (Å²) in [6.45, 7) is -1.30. The van der Waals surface area contributed by atoms with Crippen molar-refractivity contribution in [3.05, 3.63) is 0 Å². The number of hydrogen-bond acceptors (Lipinski definition) is 4. The number of carbonyl (C=O) groups excluding carboxylic acids is 2. The first kappa shape index (κ1) is 22.5. The van der Waals surface area contributed by atoms with Gasteiger partial charge in [-0.05, 0) is 12.8 Å². The Bertz CT molecular complexity index is 439. The van der Waals surface area contributed by atoms with Crippen LogP contribution in [-0.2, 0) is 19.1 Å². The quantitative estimate of drug-likeness (QED) is 0.375. The summed E-state index contributed by atoms with van der Waals surface area (Å²) < 4.78 is 83.4. The lowest BCUT2D eigenvalue weighted by Crippen LogP contribution is -2.44. The molecule has 1 rings (SSSR count). The van der Waals surface area contributed by atoms with Gasteiger partial charge in [0.2, 0.25) is 0 Å². The van der Waals surface area contributed by atoms with Crippen LogP contribution in [-0.4, -0.2) is 56.3 Å². The molecule has 2 amide bonds. The fourth-order valence-corrected chi connectivity index (χ4v) is 2.42. The maximum Gasteiger partial charge on any atom is 0.471 e. The number of ether oxygens (including phenoxy) is 2. The lowest BCUT2D eigenvalue weighted by atomic mass is 9.94. The van der Waals surface area contributed by atoms with Gasteiger partial charge in [0.15, 0.2) is 5.79 Å². The monoisotopic (exact) mass is 394 g/mol. The Hall–Kier alpha value is -1.56. The topological polar surface area (TPSA) is 76.7 Å². The molecule has 1 aliphatic carbocycles. The lowest BCUT2D eigenvalue weighted by molar-refractivity contribution is -0.251. The van der Waals surface area contributed by atoms with E-state index in [-0.39, 0.29) is 13.2 Å². The van der Waals surface area contributed by atoms with Crippen LogP contribution in [0.2, 0.25) is 0 Å². The van der Waals surface area contributed by atoms with Gasteiger partial charge in [-0.25, -0.2) is 0 Å². The molecule has 0 heterocycles. The SMILES string of the molecule is O=C(NCCOC1(OCCNC(=O)C(F)(F)F)CCCCC1)C(F)(F)F. The van der Waals surface area contributed by atoms with E-state index in [2.05, 4.69) is 0 Å². The fourth-order valence-electron chi connectivity index (χ4n) is 2.42. The number of amides is 2. The van der Waals surface area contributed by atoms with Crippen molar-refractivity contribution in [3.63, 3.8) is 0 Å². The Morgan fingerprint density at radius 1 is 0.769 bits per heavy atom. The molecule has 1 aliphatic rings. The van der Waals surface area contributed by atoms with Crippen molar-refractivity contribution >= 4 is 11.8 Å². The highest BCUT2D eigenvalue weighted by atomic mass is 19.4. The maximum absolute atomic E-state index is 12.1. The number of halogens is 6. The van der Waals surface area contributed by atoms with E-state index in [9.17, 15) is 35.9 Å². The first-order valence-corrected chi connectivity index (χ1v) is 7.94. The molecule has 0 saturated heterocycles. The molecule has 0 spiro atoms. The van der Waals surface area contributed by atoms with Crippen molar-refractivity contribution in [3.8, 4) is 0 Å². The molecule has 12 heteroatoms. The molecule has 0 aliphatic heterocycles. The Morgan fingerprint density at radius 3 is 1.50 bits per heavy atom. The summed E-state index contributed by atoms with van der Waals surface area (Å²) in [5.41, 5.74) is 0. The van der Waals surface area contributed by atoms with Crippen molar-refractivity contribution < 1.29 is 45.4 Å². The molecule has 0 atom stereocenters. The van der Waals surface area contributed by atoms with Crippen molar-refractivity contribution in [2.45, 2.75) is 50.2 Å². The van der Waals surface area contributed by atoms with E-state index >= 15 is 0 Å². The molecule has 6 nitrogen and oxygen atoms in total. The smallest absolute Gasteiger partial charge is 0.348 e. The summed E-state index contributed by atoms with van der Waals surface area (Å²) >= 11 is 0. The van der Waals surface area contributed by atoms with Crippen molar-refractivity contribution in [2.75, 3.05) is 26.3 Å². The third-order valence-electron chi connectivity index (χ3n) is 3.64. The van der Waals surface area contributed by atoms with E-state index in [1.165, 1.54) is 0 Å². The van der Waals surface area contributed by atoms with Crippen molar-refractivity contribution in [1.82, 2.24) is 10.6 Å². The summed E-state index contributed by atoms with van der Waals surface area (Å²) in [5.74, 6) is -5.33. The van der Waals surface area contributed by atoms with E-state index in [1.54, 1.807) is 10.6 Å². The van der Waals surface area contributed by atoms with Crippen LogP contribution in [0.3, 0.4) is 0 Å². The zero-order chi connectivity index (χ0) is 19.8. The molecule has 0 bridgehead atoms. The summed E-state index contributed by atoms with van der Waals surface area (Å²) in [5, 5.41) is 3.30. The van der Waals surface area contributed by atoms with Gasteiger partial charge in [0.1, 0.15) is 0 Å². The Morgan fingerprint density at radius 2 is 1.15 bits per heavy atom. The zero-order valence-electron chi connectivity index (χ0n) is 13.8. The highest BCUT2D eigenvalue weighted by Gasteiger charge is 2.40. The largest absolute Gasteiger partial charge is 0.471 e. The van der Waals surface area contributed by atoms with Crippen LogP contribution in [0, 0.1) is 0 Å². The van der Waals surface area contributed by atoms with Crippen molar-refractivity contribution in [1.29, 1.82) is 0 Å². The Labute approximate surface area is 145 Å². The second-order valence-electron chi connectivity index (χ2n) is 5.68. The molecule has 0 aromatic heterocycles. The normalized spacial score (nSPS) is 17.6. The predicted molar refractivity (Wildman–Crippen MR) is 75.8 cm³/mol. The molecular weight excluding hydrogens is 374 g/mol. The molecular formula is C14H20F6N2O4. The standard InChI is InChI=1S/C14H20F6N2O4/c15-13(16,17)10(23)21-6-8-25-12(4-2-1-3-5-12)26-9-7-22-11(24)14(18,19)20/h1-9H2,(H,21,23)(H,22,24). The van der Waals surface area contributed by atoms with Gasteiger partial charge in [0.05, 0.1) is 13.2 Å². The van der Waals surface area contributed by atoms with Crippen LogP contribution in [0.15, 0.2) is 0 Å². The summed E-state index contributed by atoms with van der Waals surface area (Å²) in [4.78, 5) is 21.4. The van der Waals surface area contributed by atoms with Gasteiger partial charge in [0.25, 0.3) is 0 Å². The molecule has 0 radical (unpaired) electrons. The second-order valence-corrected chi connectivity index (χ2v) is 5.68. The van der Waals surface area contributed by atoms with E-state index in [0.717, 1.165) is 6.42 Å². The van der Waals surface area contributed by atoms with E-state index < -0.39 is 43.0 Å². The van der Waals surface area contributed by atoms with E-state index in [0.29, 0.717) is 25.7 Å². The Balaban J connectivity index is 2.39. The molecule has 152 valence electrons. The maximum atomic E-state index is 12.1. The van der Waals surface area contributed by atoms with Gasteiger partial charge in [0, 0.05) is 25.9 Å². The van der Waals surface area contributed by atoms with Gasteiger partial charge in [-0.1, -0.05) is 6.42 Å². The molecule has 26 heavy (non-hydrogen) atoms. The molecule has 0 aromatic carbocycles. The minimum absolute atomic E-state index is 0.253. The third kappa shape index (κ3) is 7.77. The van der Waals surface area contributed by atoms with Gasteiger partial charge < -0.3 is 20.1 Å². The minimum Gasteiger partial charge on any atom is -0.348 e. The summed E-state index contributed by atoms with van der Waals surface area (Å²) in [6, 6.07) is 0. The first-order chi connectivity index (χ1) is 12.0. The van der Waals surface area contributed by atoms with Gasteiger partial charge >= 0.3 is 24.2 Å². The van der Waals surface area contributed by atoms with Crippen LogP contribution in [0.5, 0.6) is 0 Å². The van der Waals surface area contributed by atoms with Crippen LogP contribution in [0.4, 0.5) is 26.3 Å². The fraction of sp³-hybridized carbons (Fsp3) is 0.857. The number of rotatable bonds is 8. The number of carbonyl (C=O) groups is 2. The minimum atomic E-state index is -4.99. The third-order valence-corrected chi connectivity index (χ3v) is 3.64. The highest BCUT2D eigenvalue weighted by molar-refractivity contribution is 5.81. The molecule has 2 N–H and O–H groups in total. The number of hydrogen-bond donors (Lipinski definition) is 2. The lowest BCUT2D eigenvalue weighted by Gasteiger charge is -2.37. The van der Waals surface area contributed by atoms with Crippen molar-refractivity contribution in [2.24, 2.45) is 0 Å².